The number of nitrogens with one attached hydrogen (secondary N) is 1. The van der Waals surface area contributed by atoms with Crippen molar-refractivity contribution in [3.63, 3.8) is 0 Å². The fraction of sp³-hybridized carbons (Fsp3) is 0.167. The quantitative estimate of drug-likeness (QED) is 0.449. The summed E-state index contributed by atoms with van der Waals surface area (Å²) < 4.78 is 41.4. The maximum atomic E-state index is 14.5. The third-order valence-corrected chi connectivity index (χ3v) is 5.67. The lowest BCUT2D eigenvalue weighted by molar-refractivity contribution is -0.385. The van der Waals surface area contributed by atoms with E-state index < -0.39 is 43.8 Å². The number of sulfonamides is 1. The summed E-state index contributed by atoms with van der Waals surface area (Å²) in [7, 11) is -3.36. The number of nitro benzene ring substituents is 1. The molecule has 0 bridgehead atoms. The number of likely N-dealkylation sites (N-methyl/N-ethyl adjacent to an activating group) is 1. The molecule has 0 radical (unpaired) electrons. The highest BCUT2D eigenvalue weighted by molar-refractivity contribution is 7.92. The van der Waals surface area contributed by atoms with Gasteiger partial charge in [0.25, 0.3) is 15.7 Å². The highest BCUT2D eigenvalue weighted by Gasteiger charge is 2.32. The number of hydrogen-bond acceptors (Lipinski definition) is 5. The van der Waals surface area contributed by atoms with E-state index in [4.69, 9.17) is 6.42 Å². The van der Waals surface area contributed by atoms with Crippen LogP contribution in [0.1, 0.15) is 11.1 Å². The van der Waals surface area contributed by atoms with Crippen LogP contribution in [0.5, 0.6) is 0 Å². The first-order chi connectivity index (χ1) is 13.1. The summed E-state index contributed by atoms with van der Waals surface area (Å²) >= 11 is 0. The van der Waals surface area contributed by atoms with Gasteiger partial charge in [0.05, 0.1) is 10.6 Å². The number of carbonyl (C=O) groups excluding carboxylic acids is 1. The van der Waals surface area contributed by atoms with E-state index in [1.807, 2.05) is 0 Å². The molecular formula is C18H16FN3O5S. The summed E-state index contributed by atoms with van der Waals surface area (Å²) in [5, 5.41) is 13.4. The fourth-order valence-electron chi connectivity index (χ4n) is 2.43. The summed E-state index contributed by atoms with van der Waals surface area (Å²) in [6.45, 7) is 0.615. The molecule has 0 spiro atoms. The average Bonchev–Trinajstić information content (AvgIpc) is 2.65. The Morgan fingerprint density at radius 3 is 2.61 bits per heavy atom. The normalized spacial score (nSPS) is 10.8. The second-order valence-electron chi connectivity index (χ2n) is 5.71. The molecular weight excluding hydrogens is 389 g/mol. The predicted octanol–water partition coefficient (Wildman–Crippen LogP) is 1.96. The van der Waals surface area contributed by atoms with Crippen molar-refractivity contribution in [1.29, 1.82) is 0 Å². The highest BCUT2D eigenvalue weighted by Crippen LogP contribution is 2.30. The van der Waals surface area contributed by atoms with Gasteiger partial charge in [-0.3, -0.25) is 19.2 Å². The fourth-order valence-corrected chi connectivity index (χ4v) is 3.91. The first-order valence-corrected chi connectivity index (χ1v) is 9.30. The summed E-state index contributed by atoms with van der Waals surface area (Å²) in [6.07, 6.45) is 5.33. The molecule has 0 aromatic heterocycles. The van der Waals surface area contributed by atoms with E-state index in [2.05, 4.69) is 11.2 Å². The lowest BCUT2D eigenvalue weighted by Gasteiger charge is -2.24. The van der Waals surface area contributed by atoms with Gasteiger partial charge in [0.1, 0.15) is 17.3 Å². The van der Waals surface area contributed by atoms with Gasteiger partial charge in [-0.05, 0) is 31.2 Å². The molecule has 0 saturated heterocycles. The van der Waals surface area contributed by atoms with Crippen molar-refractivity contribution in [3.8, 4) is 12.3 Å². The second-order valence-corrected chi connectivity index (χ2v) is 7.54. The molecule has 0 heterocycles. The molecule has 146 valence electrons. The maximum absolute atomic E-state index is 14.5. The van der Waals surface area contributed by atoms with E-state index in [1.54, 1.807) is 6.07 Å². The molecule has 0 fully saturated rings. The van der Waals surface area contributed by atoms with Crippen molar-refractivity contribution in [1.82, 2.24) is 5.32 Å². The second kappa shape index (κ2) is 8.06. The Morgan fingerprint density at radius 1 is 1.36 bits per heavy atom. The van der Waals surface area contributed by atoms with E-state index in [9.17, 15) is 27.7 Å². The SMILES string of the molecule is C#Cc1cccc(N(CC(=O)NC)S(=O)(=O)c2cc([N+](=O)[O-])c(C)cc2F)c1. The third kappa shape index (κ3) is 4.10. The van der Waals surface area contributed by atoms with Crippen LogP contribution < -0.4 is 9.62 Å². The minimum atomic E-state index is -4.66. The van der Waals surface area contributed by atoms with Crippen molar-refractivity contribution in [2.75, 3.05) is 17.9 Å². The molecule has 28 heavy (non-hydrogen) atoms. The Hall–Kier alpha value is -3.45. The minimum Gasteiger partial charge on any atom is -0.358 e. The molecule has 0 saturated carbocycles. The van der Waals surface area contributed by atoms with E-state index in [0.717, 1.165) is 6.07 Å². The number of carbonyl (C=O) groups is 1. The minimum absolute atomic E-state index is 0.0154. The molecule has 1 N–H and O–H groups in total. The van der Waals surface area contributed by atoms with Gasteiger partial charge < -0.3 is 5.32 Å². The average molecular weight is 405 g/mol. The molecule has 2 aromatic carbocycles. The van der Waals surface area contributed by atoms with Crippen LogP contribution in [0.3, 0.4) is 0 Å². The first kappa shape index (κ1) is 20.9. The van der Waals surface area contributed by atoms with Crippen molar-refractivity contribution in [2.45, 2.75) is 11.8 Å². The number of nitrogens with zero attached hydrogens (tertiary/aromatic N) is 2. The number of hydrogen-bond donors (Lipinski definition) is 1. The summed E-state index contributed by atoms with van der Waals surface area (Å²) in [5.74, 6) is 0.500. The zero-order valence-electron chi connectivity index (χ0n) is 15.0. The van der Waals surface area contributed by atoms with Crippen molar-refractivity contribution >= 4 is 27.3 Å². The Kier molecular flexibility index (Phi) is 6.00. The predicted molar refractivity (Wildman–Crippen MR) is 101 cm³/mol. The van der Waals surface area contributed by atoms with Crippen LogP contribution >= 0.6 is 0 Å². The number of rotatable bonds is 6. The Morgan fingerprint density at radius 2 is 2.04 bits per heavy atom. The van der Waals surface area contributed by atoms with Crippen molar-refractivity contribution in [3.05, 3.63) is 63.5 Å². The van der Waals surface area contributed by atoms with Gasteiger partial charge in [0.15, 0.2) is 0 Å². The van der Waals surface area contributed by atoms with Gasteiger partial charge >= 0.3 is 0 Å². The van der Waals surface area contributed by atoms with Crippen LogP contribution in [0, 0.1) is 35.2 Å². The standard InChI is InChI=1S/C18H16FN3O5S/c1-4-13-6-5-7-14(9-13)21(11-18(23)20-3)28(26,27)17-10-16(22(24)25)12(2)8-15(17)19/h1,5-10H,11H2,2-3H3,(H,20,23). The Balaban J connectivity index is 2.71. The molecule has 0 aliphatic rings. The Labute approximate surface area is 161 Å². The number of anilines is 1. The van der Waals surface area contributed by atoms with Gasteiger partial charge in [-0.15, -0.1) is 6.42 Å². The van der Waals surface area contributed by atoms with Gasteiger partial charge in [0.2, 0.25) is 5.91 Å². The van der Waals surface area contributed by atoms with Crippen LogP contribution in [-0.2, 0) is 14.8 Å². The van der Waals surface area contributed by atoms with Crippen LogP contribution in [0.4, 0.5) is 15.8 Å². The van der Waals surface area contributed by atoms with Crippen LogP contribution in [-0.4, -0.2) is 32.8 Å². The van der Waals surface area contributed by atoms with Gasteiger partial charge in [-0.2, -0.15) is 0 Å². The molecule has 1 amide bonds. The van der Waals surface area contributed by atoms with Gasteiger partial charge in [0, 0.05) is 24.2 Å². The third-order valence-electron chi connectivity index (χ3n) is 3.88. The summed E-state index contributed by atoms with van der Waals surface area (Å²) in [6, 6.07) is 7.14. The lowest BCUT2D eigenvalue weighted by Crippen LogP contribution is -2.40. The van der Waals surface area contributed by atoms with Gasteiger partial charge in [-0.25, -0.2) is 12.8 Å². The first-order valence-electron chi connectivity index (χ1n) is 7.86. The van der Waals surface area contributed by atoms with Crippen LogP contribution in [0.25, 0.3) is 0 Å². The highest BCUT2D eigenvalue weighted by atomic mass is 32.2. The van der Waals surface area contributed by atoms with Crippen LogP contribution in [0.15, 0.2) is 41.3 Å². The molecule has 0 aliphatic heterocycles. The molecule has 0 aliphatic carbocycles. The van der Waals surface area contributed by atoms with E-state index in [1.165, 1.54) is 32.2 Å². The molecule has 8 nitrogen and oxygen atoms in total. The van der Waals surface area contributed by atoms with Gasteiger partial charge in [-0.1, -0.05) is 12.0 Å². The smallest absolute Gasteiger partial charge is 0.273 e. The van der Waals surface area contributed by atoms with E-state index in [0.29, 0.717) is 15.9 Å². The number of aryl methyl sites for hydroxylation is 1. The molecule has 0 atom stereocenters. The zero-order valence-corrected chi connectivity index (χ0v) is 15.8. The number of terminal acetylenes is 1. The summed E-state index contributed by atoms with van der Waals surface area (Å²) in [4.78, 5) is 21.3. The molecule has 10 heteroatoms. The number of halogens is 1. The number of nitro groups is 1. The van der Waals surface area contributed by atoms with Crippen molar-refractivity contribution in [2.24, 2.45) is 0 Å². The van der Waals surface area contributed by atoms with E-state index >= 15 is 0 Å². The zero-order chi connectivity index (χ0) is 21.1. The lowest BCUT2D eigenvalue weighted by atomic mass is 10.2. The largest absolute Gasteiger partial charge is 0.358 e. The van der Waals surface area contributed by atoms with Crippen LogP contribution in [0.2, 0.25) is 0 Å². The monoisotopic (exact) mass is 405 g/mol. The van der Waals surface area contributed by atoms with E-state index in [-0.39, 0.29) is 11.3 Å². The summed E-state index contributed by atoms with van der Waals surface area (Å²) in [5.41, 5.74) is -0.238. The maximum Gasteiger partial charge on any atom is 0.273 e. The molecule has 2 rings (SSSR count). The topological polar surface area (TPSA) is 110 Å². The Bertz CT molecular complexity index is 1090. The van der Waals surface area contributed by atoms with Crippen molar-refractivity contribution < 1.29 is 22.5 Å². The number of benzene rings is 2. The number of amides is 1. The molecule has 2 aromatic rings. The molecule has 0 unspecified atom stereocenters.